The Bertz CT molecular complexity index is 212. The van der Waals surface area contributed by atoms with Crippen LogP contribution < -0.4 is 5.73 Å². The van der Waals surface area contributed by atoms with Crippen molar-refractivity contribution >= 4 is 0 Å². The maximum absolute atomic E-state index is 5.82. The van der Waals surface area contributed by atoms with E-state index in [1.165, 1.54) is 6.39 Å². The summed E-state index contributed by atoms with van der Waals surface area (Å²) in [5.74, 6) is 0.498. The molecule has 2 N–H and O–H groups in total. The van der Waals surface area contributed by atoms with Crippen LogP contribution in [-0.4, -0.2) is 10.2 Å². The van der Waals surface area contributed by atoms with Crippen LogP contribution >= 0.6 is 0 Å². The second-order valence-electron chi connectivity index (χ2n) is 3.62. The zero-order chi connectivity index (χ0) is 8.48. The molecule has 4 nitrogen and oxygen atoms in total. The molecule has 0 saturated carbocycles. The molecule has 0 aliphatic carbocycles. The lowest BCUT2D eigenvalue weighted by Gasteiger charge is -2.23. The van der Waals surface area contributed by atoms with Gasteiger partial charge in [0.1, 0.15) is 0 Å². The fraction of sp³-hybridized carbons (Fsp3) is 0.714. The largest absolute Gasteiger partial charge is 0.426 e. The molecule has 62 valence electrons. The molecule has 1 unspecified atom stereocenters. The summed E-state index contributed by atoms with van der Waals surface area (Å²) in [6, 6.07) is -0.190. The minimum atomic E-state index is -0.190. The first-order valence-electron chi connectivity index (χ1n) is 3.53. The highest BCUT2D eigenvalue weighted by Gasteiger charge is 2.25. The Balaban J connectivity index is 2.78. The Morgan fingerprint density at radius 1 is 1.55 bits per heavy atom. The van der Waals surface area contributed by atoms with Gasteiger partial charge in [-0.05, 0) is 5.41 Å². The Morgan fingerprint density at radius 2 is 2.18 bits per heavy atom. The molecule has 1 heterocycles. The van der Waals surface area contributed by atoms with Gasteiger partial charge >= 0.3 is 0 Å². The smallest absolute Gasteiger partial charge is 0.233 e. The molecule has 0 aliphatic rings. The van der Waals surface area contributed by atoms with Crippen LogP contribution in [0, 0.1) is 5.41 Å². The molecular formula is C7H13N3O. The van der Waals surface area contributed by atoms with Gasteiger partial charge in [-0.2, -0.15) is 0 Å². The third kappa shape index (κ3) is 1.77. The highest BCUT2D eigenvalue weighted by molar-refractivity contribution is 4.91. The molecule has 0 saturated heterocycles. The number of rotatable bonds is 1. The lowest BCUT2D eigenvalue weighted by Crippen LogP contribution is -2.26. The summed E-state index contributed by atoms with van der Waals surface area (Å²) in [7, 11) is 0. The molecule has 4 heteroatoms. The summed E-state index contributed by atoms with van der Waals surface area (Å²) in [5.41, 5.74) is 5.79. The van der Waals surface area contributed by atoms with E-state index >= 15 is 0 Å². The molecule has 1 aromatic heterocycles. The molecular weight excluding hydrogens is 142 g/mol. The van der Waals surface area contributed by atoms with E-state index in [2.05, 4.69) is 10.2 Å². The molecule has 0 aliphatic heterocycles. The number of hydrogen-bond donors (Lipinski definition) is 1. The molecule has 11 heavy (non-hydrogen) atoms. The summed E-state index contributed by atoms with van der Waals surface area (Å²) in [4.78, 5) is 0. The van der Waals surface area contributed by atoms with E-state index in [4.69, 9.17) is 10.2 Å². The van der Waals surface area contributed by atoms with Crippen LogP contribution in [-0.2, 0) is 0 Å². The van der Waals surface area contributed by atoms with Gasteiger partial charge in [0, 0.05) is 0 Å². The van der Waals surface area contributed by atoms with Crippen LogP contribution in [0.1, 0.15) is 32.7 Å². The third-order valence-electron chi connectivity index (χ3n) is 1.58. The van der Waals surface area contributed by atoms with Gasteiger partial charge in [-0.3, -0.25) is 0 Å². The topological polar surface area (TPSA) is 64.9 Å². The van der Waals surface area contributed by atoms with Gasteiger partial charge in [0.25, 0.3) is 0 Å². The normalized spacial score (nSPS) is 14.9. The highest BCUT2D eigenvalue weighted by atomic mass is 16.4. The monoisotopic (exact) mass is 155 g/mol. The molecule has 1 aromatic rings. The van der Waals surface area contributed by atoms with Crippen molar-refractivity contribution in [3.05, 3.63) is 12.3 Å². The van der Waals surface area contributed by atoms with E-state index in [1.54, 1.807) is 0 Å². The Kier molecular flexibility index (Phi) is 1.95. The lowest BCUT2D eigenvalue weighted by atomic mass is 9.87. The summed E-state index contributed by atoms with van der Waals surface area (Å²) < 4.78 is 4.97. The van der Waals surface area contributed by atoms with Crippen molar-refractivity contribution in [3.63, 3.8) is 0 Å². The van der Waals surface area contributed by atoms with Gasteiger partial charge in [-0.25, -0.2) is 0 Å². The number of nitrogens with zero attached hydrogens (tertiary/aromatic N) is 2. The van der Waals surface area contributed by atoms with Gasteiger partial charge < -0.3 is 10.2 Å². The maximum atomic E-state index is 5.82. The van der Waals surface area contributed by atoms with Crippen LogP contribution in [0.5, 0.6) is 0 Å². The number of nitrogens with two attached hydrogens (primary N) is 1. The maximum Gasteiger partial charge on any atom is 0.233 e. The zero-order valence-electron chi connectivity index (χ0n) is 7.03. The van der Waals surface area contributed by atoms with Crippen LogP contribution in [0.3, 0.4) is 0 Å². The fourth-order valence-corrected chi connectivity index (χ4v) is 0.688. The van der Waals surface area contributed by atoms with E-state index < -0.39 is 0 Å². The Labute approximate surface area is 65.8 Å². The van der Waals surface area contributed by atoms with Crippen molar-refractivity contribution in [2.45, 2.75) is 26.8 Å². The molecule has 1 atom stereocenters. The van der Waals surface area contributed by atoms with E-state index in [0.717, 1.165) is 0 Å². The van der Waals surface area contributed by atoms with Crippen molar-refractivity contribution < 1.29 is 4.42 Å². The highest BCUT2D eigenvalue weighted by Crippen LogP contribution is 2.28. The Hall–Kier alpha value is -0.900. The van der Waals surface area contributed by atoms with Crippen molar-refractivity contribution in [2.24, 2.45) is 11.1 Å². The first-order chi connectivity index (χ1) is 5.02. The fourth-order valence-electron chi connectivity index (χ4n) is 0.688. The average Bonchev–Trinajstić information content (AvgIpc) is 2.34. The first-order valence-corrected chi connectivity index (χ1v) is 3.53. The van der Waals surface area contributed by atoms with E-state index in [1.807, 2.05) is 20.8 Å². The minimum absolute atomic E-state index is 0.0352. The summed E-state index contributed by atoms with van der Waals surface area (Å²) >= 11 is 0. The van der Waals surface area contributed by atoms with Gasteiger partial charge in [0.05, 0.1) is 6.04 Å². The van der Waals surface area contributed by atoms with Crippen LogP contribution in [0.25, 0.3) is 0 Å². The summed E-state index contributed by atoms with van der Waals surface area (Å²) in [5, 5.41) is 7.30. The van der Waals surface area contributed by atoms with Crippen LogP contribution in [0.2, 0.25) is 0 Å². The van der Waals surface area contributed by atoms with Crippen molar-refractivity contribution in [1.29, 1.82) is 0 Å². The first kappa shape index (κ1) is 8.20. The van der Waals surface area contributed by atoms with Gasteiger partial charge in [0.2, 0.25) is 12.3 Å². The lowest BCUT2D eigenvalue weighted by molar-refractivity contribution is 0.277. The van der Waals surface area contributed by atoms with Gasteiger partial charge in [-0.1, -0.05) is 20.8 Å². The minimum Gasteiger partial charge on any atom is -0.426 e. The molecule has 1 rings (SSSR count). The summed E-state index contributed by atoms with van der Waals surface area (Å²) in [6.45, 7) is 6.09. The molecule has 0 aromatic carbocycles. The van der Waals surface area contributed by atoms with Crippen LogP contribution in [0.4, 0.5) is 0 Å². The van der Waals surface area contributed by atoms with E-state index in [9.17, 15) is 0 Å². The van der Waals surface area contributed by atoms with E-state index in [0.29, 0.717) is 5.89 Å². The average molecular weight is 155 g/mol. The van der Waals surface area contributed by atoms with Crippen molar-refractivity contribution in [3.8, 4) is 0 Å². The molecule has 0 radical (unpaired) electrons. The van der Waals surface area contributed by atoms with Crippen molar-refractivity contribution in [2.75, 3.05) is 0 Å². The molecule has 0 amide bonds. The predicted molar refractivity (Wildman–Crippen MR) is 40.7 cm³/mol. The Morgan fingerprint density at radius 3 is 2.55 bits per heavy atom. The number of aromatic nitrogens is 2. The van der Waals surface area contributed by atoms with E-state index in [-0.39, 0.29) is 11.5 Å². The summed E-state index contributed by atoms with van der Waals surface area (Å²) in [6.07, 6.45) is 1.29. The van der Waals surface area contributed by atoms with Gasteiger partial charge in [0.15, 0.2) is 0 Å². The van der Waals surface area contributed by atoms with Crippen LogP contribution in [0.15, 0.2) is 10.8 Å². The number of hydrogen-bond acceptors (Lipinski definition) is 4. The van der Waals surface area contributed by atoms with Crippen molar-refractivity contribution in [1.82, 2.24) is 10.2 Å². The molecule has 0 fully saturated rings. The molecule has 0 spiro atoms. The van der Waals surface area contributed by atoms with Gasteiger partial charge in [-0.15, -0.1) is 10.2 Å². The molecule has 0 bridgehead atoms. The SMILES string of the molecule is CC(C)(C)C(N)c1nnco1. The standard InChI is InChI=1S/C7H13N3O/c1-7(2,3)5(8)6-10-9-4-11-6/h4-5H,8H2,1-3H3. The predicted octanol–water partition coefficient (Wildman–Crippen LogP) is 1.12. The zero-order valence-corrected chi connectivity index (χ0v) is 7.03. The quantitative estimate of drug-likeness (QED) is 0.659. The second kappa shape index (κ2) is 2.62. The third-order valence-corrected chi connectivity index (χ3v) is 1.58. The second-order valence-corrected chi connectivity index (χ2v) is 3.62.